The van der Waals surface area contributed by atoms with E-state index in [0.29, 0.717) is 0 Å². The second-order valence-electron chi connectivity index (χ2n) is 4.65. The van der Waals surface area contributed by atoms with Gasteiger partial charge in [-0.05, 0) is 49.4 Å². The molecule has 1 rings (SSSR count). The first-order valence-electron chi connectivity index (χ1n) is 6.29. The van der Waals surface area contributed by atoms with Gasteiger partial charge in [0.05, 0.1) is 7.11 Å². The van der Waals surface area contributed by atoms with Crippen molar-refractivity contribution < 1.29 is 4.74 Å². The minimum absolute atomic E-state index is 0.116. The number of methoxy groups -OCH3 is 1. The normalized spacial score (nSPS) is 12.5. The van der Waals surface area contributed by atoms with Crippen LogP contribution in [0.1, 0.15) is 37.8 Å². The van der Waals surface area contributed by atoms with E-state index in [0.717, 1.165) is 36.3 Å². The Morgan fingerprint density at radius 3 is 2.53 bits per heavy atom. The Kier molecular flexibility index (Phi) is 5.29. The van der Waals surface area contributed by atoms with Crippen molar-refractivity contribution in [2.24, 2.45) is 5.73 Å². The molecule has 3 nitrogen and oxygen atoms in total. The van der Waals surface area contributed by atoms with Crippen LogP contribution in [-0.4, -0.2) is 13.2 Å². The van der Waals surface area contributed by atoms with E-state index < -0.39 is 0 Å². The zero-order valence-corrected chi connectivity index (χ0v) is 11.1. The Balaban J connectivity index is 2.97. The first kappa shape index (κ1) is 13.8. The second-order valence-corrected chi connectivity index (χ2v) is 4.65. The number of nitrogen functional groups attached to an aromatic ring is 1. The predicted octanol–water partition coefficient (Wildman–Crippen LogP) is 2.51. The Labute approximate surface area is 104 Å². The molecule has 1 aromatic carbocycles. The fourth-order valence-electron chi connectivity index (χ4n) is 1.97. The van der Waals surface area contributed by atoms with E-state index in [1.807, 2.05) is 13.0 Å². The first-order valence-corrected chi connectivity index (χ1v) is 6.29. The average molecular weight is 236 g/mol. The zero-order valence-electron chi connectivity index (χ0n) is 11.1. The fourth-order valence-corrected chi connectivity index (χ4v) is 1.97. The van der Waals surface area contributed by atoms with Gasteiger partial charge >= 0.3 is 0 Å². The van der Waals surface area contributed by atoms with Gasteiger partial charge in [-0.3, -0.25) is 0 Å². The van der Waals surface area contributed by atoms with Gasteiger partial charge in [-0.25, -0.2) is 0 Å². The molecule has 0 aliphatic rings. The largest absolute Gasteiger partial charge is 0.496 e. The summed E-state index contributed by atoms with van der Waals surface area (Å²) in [5, 5.41) is 0. The van der Waals surface area contributed by atoms with Crippen molar-refractivity contribution in [3.63, 3.8) is 0 Å². The quantitative estimate of drug-likeness (QED) is 0.746. The van der Waals surface area contributed by atoms with Crippen LogP contribution in [0, 0.1) is 0 Å². The van der Waals surface area contributed by atoms with E-state index in [1.165, 1.54) is 12.0 Å². The van der Waals surface area contributed by atoms with Gasteiger partial charge < -0.3 is 16.2 Å². The van der Waals surface area contributed by atoms with E-state index >= 15 is 0 Å². The number of benzene rings is 1. The molecule has 1 aromatic rings. The average Bonchev–Trinajstić information content (AvgIpc) is 2.27. The van der Waals surface area contributed by atoms with Crippen molar-refractivity contribution in [2.75, 3.05) is 12.8 Å². The van der Waals surface area contributed by atoms with Gasteiger partial charge in [0.25, 0.3) is 0 Å². The standard InChI is InChI=1S/C14H24N2O/c1-4-5-6-11-9-14(17-3)12(7-10(2)15)8-13(11)16/h8-10H,4-7,15-16H2,1-3H3. The van der Waals surface area contributed by atoms with Gasteiger partial charge in [0.1, 0.15) is 5.75 Å². The summed E-state index contributed by atoms with van der Waals surface area (Å²) in [6.45, 7) is 4.17. The molecule has 0 radical (unpaired) electrons. The minimum atomic E-state index is 0.116. The molecule has 4 N–H and O–H groups in total. The summed E-state index contributed by atoms with van der Waals surface area (Å²) in [5.41, 5.74) is 15.0. The Hall–Kier alpha value is -1.22. The predicted molar refractivity (Wildman–Crippen MR) is 73.4 cm³/mol. The monoisotopic (exact) mass is 236 g/mol. The van der Waals surface area contributed by atoms with E-state index in [-0.39, 0.29) is 6.04 Å². The van der Waals surface area contributed by atoms with Crippen LogP contribution >= 0.6 is 0 Å². The van der Waals surface area contributed by atoms with Crippen LogP contribution in [0.3, 0.4) is 0 Å². The molecule has 0 heterocycles. The number of hydrogen-bond acceptors (Lipinski definition) is 3. The van der Waals surface area contributed by atoms with Crippen molar-refractivity contribution in [1.29, 1.82) is 0 Å². The molecule has 0 aromatic heterocycles. The number of nitrogens with two attached hydrogens (primary N) is 2. The number of unbranched alkanes of at least 4 members (excludes halogenated alkanes) is 1. The highest BCUT2D eigenvalue weighted by atomic mass is 16.5. The maximum Gasteiger partial charge on any atom is 0.122 e. The van der Waals surface area contributed by atoms with E-state index in [9.17, 15) is 0 Å². The van der Waals surface area contributed by atoms with Gasteiger partial charge in [0.2, 0.25) is 0 Å². The van der Waals surface area contributed by atoms with Crippen molar-refractivity contribution >= 4 is 5.69 Å². The topological polar surface area (TPSA) is 61.3 Å². The van der Waals surface area contributed by atoms with Crippen LogP contribution in [0.25, 0.3) is 0 Å². The van der Waals surface area contributed by atoms with Crippen molar-refractivity contribution in [2.45, 2.75) is 45.6 Å². The molecular formula is C14H24N2O. The molecule has 17 heavy (non-hydrogen) atoms. The van der Waals surface area contributed by atoms with Crippen molar-refractivity contribution in [1.82, 2.24) is 0 Å². The molecule has 0 spiro atoms. The molecule has 0 aliphatic carbocycles. The highest BCUT2D eigenvalue weighted by Gasteiger charge is 2.10. The van der Waals surface area contributed by atoms with Crippen LogP contribution < -0.4 is 16.2 Å². The summed E-state index contributed by atoms with van der Waals surface area (Å²) in [6, 6.07) is 4.18. The third-order valence-corrected chi connectivity index (χ3v) is 2.88. The second kappa shape index (κ2) is 6.50. The van der Waals surface area contributed by atoms with Gasteiger partial charge in [0.15, 0.2) is 0 Å². The summed E-state index contributed by atoms with van der Waals surface area (Å²) < 4.78 is 5.41. The number of rotatable bonds is 6. The molecule has 3 heteroatoms. The van der Waals surface area contributed by atoms with E-state index in [1.54, 1.807) is 7.11 Å². The number of aryl methyl sites for hydroxylation is 1. The molecule has 0 bridgehead atoms. The summed E-state index contributed by atoms with van der Waals surface area (Å²) in [6.07, 6.45) is 4.13. The SMILES string of the molecule is CCCCc1cc(OC)c(CC(C)N)cc1N. The smallest absolute Gasteiger partial charge is 0.122 e. The summed E-state index contributed by atoms with van der Waals surface area (Å²) in [7, 11) is 1.69. The third kappa shape index (κ3) is 3.93. The number of hydrogen-bond donors (Lipinski definition) is 2. The highest BCUT2D eigenvalue weighted by molar-refractivity contribution is 5.55. The molecule has 0 fully saturated rings. The molecule has 0 aliphatic heterocycles. The van der Waals surface area contributed by atoms with Gasteiger partial charge in [0, 0.05) is 11.7 Å². The van der Waals surface area contributed by atoms with Crippen LogP contribution in [0.15, 0.2) is 12.1 Å². The Morgan fingerprint density at radius 2 is 2.00 bits per heavy atom. The lowest BCUT2D eigenvalue weighted by molar-refractivity contribution is 0.408. The van der Waals surface area contributed by atoms with Crippen molar-refractivity contribution in [3.8, 4) is 5.75 Å². The molecule has 1 atom stereocenters. The number of anilines is 1. The lowest BCUT2D eigenvalue weighted by Crippen LogP contribution is -2.18. The molecule has 96 valence electrons. The lowest BCUT2D eigenvalue weighted by atomic mass is 9.99. The highest BCUT2D eigenvalue weighted by Crippen LogP contribution is 2.27. The van der Waals surface area contributed by atoms with Crippen LogP contribution in [0.5, 0.6) is 5.75 Å². The number of ether oxygens (including phenoxy) is 1. The van der Waals surface area contributed by atoms with Gasteiger partial charge in [-0.1, -0.05) is 13.3 Å². The molecule has 1 unspecified atom stereocenters. The molecular weight excluding hydrogens is 212 g/mol. The Bertz CT molecular complexity index is 361. The maximum atomic E-state index is 6.07. The maximum absolute atomic E-state index is 6.07. The summed E-state index contributed by atoms with van der Waals surface area (Å²) in [5.74, 6) is 0.905. The third-order valence-electron chi connectivity index (χ3n) is 2.88. The Morgan fingerprint density at radius 1 is 1.29 bits per heavy atom. The molecule has 0 amide bonds. The van der Waals surface area contributed by atoms with Crippen molar-refractivity contribution in [3.05, 3.63) is 23.3 Å². The van der Waals surface area contributed by atoms with Crippen LogP contribution in [-0.2, 0) is 12.8 Å². The summed E-state index contributed by atoms with van der Waals surface area (Å²) in [4.78, 5) is 0. The fraction of sp³-hybridized carbons (Fsp3) is 0.571. The molecule has 0 saturated carbocycles. The van der Waals surface area contributed by atoms with Crippen LogP contribution in [0.4, 0.5) is 5.69 Å². The van der Waals surface area contributed by atoms with Gasteiger partial charge in [-0.15, -0.1) is 0 Å². The van der Waals surface area contributed by atoms with Crippen LogP contribution in [0.2, 0.25) is 0 Å². The first-order chi connectivity index (χ1) is 8.08. The van der Waals surface area contributed by atoms with Gasteiger partial charge in [-0.2, -0.15) is 0 Å². The summed E-state index contributed by atoms with van der Waals surface area (Å²) >= 11 is 0. The zero-order chi connectivity index (χ0) is 12.8. The van der Waals surface area contributed by atoms with E-state index in [4.69, 9.17) is 16.2 Å². The minimum Gasteiger partial charge on any atom is -0.496 e. The van der Waals surface area contributed by atoms with E-state index in [2.05, 4.69) is 13.0 Å². The molecule has 0 saturated heterocycles. The lowest BCUT2D eigenvalue weighted by Gasteiger charge is -2.14.